The number of carboxylic acid groups (broad SMARTS) is 1. The van der Waals surface area contributed by atoms with Crippen LogP contribution in [0.5, 0.6) is 5.75 Å². The Labute approximate surface area is 142 Å². The van der Waals surface area contributed by atoms with Crippen molar-refractivity contribution in [2.45, 2.75) is 44.9 Å². The number of aryl methyl sites for hydroxylation is 1. The summed E-state index contributed by atoms with van der Waals surface area (Å²) in [4.78, 5) is 15.4. The third-order valence-electron chi connectivity index (χ3n) is 5.12. The van der Waals surface area contributed by atoms with E-state index in [1.807, 2.05) is 0 Å². The van der Waals surface area contributed by atoms with Gasteiger partial charge in [-0.25, -0.2) is 4.79 Å². The Kier molecular flexibility index (Phi) is 4.84. The zero-order chi connectivity index (χ0) is 17.1. The Bertz CT molecular complexity index is 755. The maximum absolute atomic E-state index is 11.3. The van der Waals surface area contributed by atoms with E-state index in [-0.39, 0.29) is 0 Å². The Morgan fingerprint density at radius 2 is 2.21 bits per heavy atom. The first kappa shape index (κ1) is 16.5. The van der Waals surface area contributed by atoms with Crippen molar-refractivity contribution < 1.29 is 14.6 Å². The van der Waals surface area contributed by atoms with Crippen LogP contribution in [0.3, 0.4) is 0 Å². The standard InChI is InChI=1S/C20H23NO3/c1-13-16-5-3-4-14(17(16)8-9-19(13)24-2)6-7-15-12-21-11-10-18(15)20(22)23/h8-12,14H,3-7H2,1-2H3,(H,22,23). The van der Waals surface area contributed by atoms with Crippen molar-refractivity contribution in [3.05, 3.63) is 58.4 Å². The van der Waals surface area contributed by atoms with Gasteiger partial charge in [0.1, 0.15) is 5.75 Å². The van der Waals surface area contributed by atoms with Gasteiger partial charge in [0.2, 0.25) is 0 Å². The van der Waals surface area contributed by atoms with E-state index in [1.54, 1.807) is 25.6 Å². The van der Waals surface area contributed by atoms with Gasteiger partial charge in [-0.1, -0.05) is 6.07 Å². The van der Waals surface area contributed by atoms with Gasteiger partial charge in [-0.15, -0.1) is 0 Å². The molecule has 0 spiro atoms. The topological polar surface area (TPSA) is 59.4 Å². The predicted molar refractivity (Wildman–Crippen MR) is 92.9 cm³/mol. The minimum Gasteiger partial charge on any atom is -0.496 e. The third kappa shape index (κ3) is 3.14. The monoisotopic (exact) mass is 325 g/mol. The van der Waals surface area contributed by atoms with Crippen molar-refractivity contribution in [3.63, 3.8) is 0 Å². The second-order valence-electron chi connectivity index (χ2n) is 6.43. The van der Waals surface area contributed by atoms with Crippen molar-refractivity contribution in [1.82, 2.24) is 4.98 Å². The number of aromatic nitrogens is 1. The average molecular weight is 325 g/mol. The number of pyridine rings is 1. The fraction of sp³-hybridized carbons (Fsp3) is 0.400. The Morgan fingerprint density at radius 3 is 2.96 bits per heavy atom. The van der Waals surface area contributed by atoms with E-state index < -0.39 is 5.97 Å². The first-order chi connectivity index (χ1) is 11.6. The summed E-state index contributed by atoms with van der Waals surface area (Å²) in [5, 5.41) is 9.31. The minimum atomic E-state index is -0.878. The molecule has 4 nitrogen and oxygen atoms in total. The zero-order valence-electron chi connectivity index (χ0n) is 14.2. The molecule has 1 N–H and O–H groups in total. The summed E-state index contributed by atoms with van der Waals surface area (Å²) >= 11 is 0. The molecular weight excluding hydrogens is 302 g/mol. The van der Waals surface area contributed by atoms with Crippen LogP contribution in [0.15, 0.2) is 30.6 Å². The van der Waals surface area contributed by atoms with Gasteiger partial charge in [-0.3, -0.25) is 4.98 Å². The predicted octanol–water partition coefficient (Wildman–Crippen LogP) is 4.15. The van der Waals surface area contributed by atoms with E-state index in [0.717, 1.165) is 37.0 Å². The fourth-order valence-corrected chi connectivity index (χ4v) is 3.84. The molecule has 1 aromatic heterocycles. The number of nitrogens with zero attached hydrogens (tertiary/aromatic N) is 1. The van der Waals surface area contributed by atoms with Crippen molar-refractivity contribution >= 4 is 5.97 Å². The summed E-state index contributed by atoms with van der Waals surface area (Å²) in [6.07, 6.45) is 8.34. The number of aromatic carboxylic acids is 1. The van der Waals surface area contributed by atoms with E-state index in [2.05, 4.69) is 24.0 Å². The van der Waals surface area contributed by atoms with Crippen LogP contribution in [0.1, 0.15) is 57.8 Å². The molecule has 1 aromatic carbocycles. The van der Waals surface area contributed by atoms with Crippen molar-refractivity contribution in [3.8, 4) is 5.75 Å². The molecule has 1 unspecified atom stereocenters. The van der Waals surface area contributed by atoms with E-state index in [9.17, 15) is 9.90 Å². The Hall–Kier alpha value is -2.36. The minimum absolute atomic E-state index is 0.368. The number of fused-ring (bicyclic) bond motifs is 1. The highest BCUT2D eigenvalue weighted by molar-refractivity contribution is 5.89. The number of carbonyl (C=O) groups is 1. The van der Waals surface area contributed by atoms with Crippen LogP contribution >= 0.6 is 0 Å². The van der Waals surface area contributed by atoms with E-state index in [4.69, 9.17) is 4.74 Å². The molecule has 126 valence electrons. The van der Waals surface area contributed by atoms with Crippen molar-refractivity contribution in [2.75, 3.05) is 7.11 Å². The van der Waals surface area contributed by atoms with Crippen molar-refractivity contribution in [1.29, 1.82) is 0 Å². The number of hydrogen-bond donors (Lipinski definition) is 1. The fourth-order valence-electron chi connectivity index (χ4n) is 3.84. The number of hydrogen-bond acceptors (Lipinski definition) is 3. The van der Waals surface area contributed by atoms with E-state index in [1.165, 1.54) is 23.1 Å². The molecule has 0 aliphatic heterocycles. The number of methoxy groups -OCH3 is 1. The molecule has 1 atom stereocenters. The lowest BCUT2D eigenvalue weighted by molar-refractivity contribution is 0.0695. The number of benzene rings is 1. The maximum atomic E-state index is 11.3. The quantitative estimate of drug-likeness (QED) is 0.897. The molecule has 1 aliphatic rings. The molecule has 0 saturated heterocycles. The molecule has 3 rings (SSSR count). The molecule has 24 heavy (non-hydrogen) atoms. The van der Waals surface area contributed by atoms with Gasteiger partial charge in [0, 0.05) is 12.4 Å². The number of carboxylic acids is 1. The SMILES string of the molecule is COc1ccc2c(c1C)CCCC2CCc1cnccc1C(=O)O. The van der Waals surface area contributed by atoms with E-state index in [0.29, 0.717) is 11.5 Å². The van der Waals surface area contributed by atoms with Crippen LogP contribution in [0, 0.1) is 6.92 Å². The molecule has 0 radical (unpaired) electrons. The Balaban J connectivity index is 1.82. The van der Waals surface area contributed by atoms with Gasteiger partial charge < -0.3 is 9.84 Å². The Morgan fingerprint density at radius 1 is 1.38 bits per heavy atom. The average Bonchev–Trinajstić information content (AvgIpc) is 2.60. The molecule has 0 fully saturated rings. The second kappa shape index (κ2) is 7.04. The lowest BCUT2D eigenvalue weighted by Crippen LogP contribution is -2.13. The summed E-state index contributed by atoms with van der Waals surface area (Å²) in [5.41, 5.74) is 5.25. The summed E-state index contributed by atoms with van der Waals surface area (Å²) in [5.74, 6) is 0.548. The molecule has 1 heterocycles. The highest BCUT2D eigenvalue weighted by Gasteiger charge is 2.23. The molecule has 0 saturated carbocycles. The summed E-state index contributed by atoms with van der Waals surface area (Å²) < 4.78 is 5.44. The molecule has 1 aliphatic carbocycles. The molecule has 4 heteroatoms. The number of rotatable bonds is 5. The van der Waals surface area contributed by atoms with E-state index >= 15 is 0 Å². The van der Waals surface area contributed by atoms with Gasteiger partial charge in [0.25, 0.3) is 0 Å². The highest BCUT2D eigenvalue weighted by atomic mass is 16.5. The summed E-state index contributed by atoms with van der Waals surface area (Å²) in [6, 6.07) is 5.83. The van der Waals surface area contributed by atoms with Crippen LogP contribution in [-0.2, 0) is 12.8 Å². The van der Waals surface area contributed by atoms with Crippen LogP contribution in [-0.4, -0.2) is 23.2 Å². The molecule has 2 aromatic rings. The lowest BCUT2D eigenvalue weighted by atomic mass is 9.78. The largest absolute Gasteiger partial charge is 0.496 e. The van der Waals surface area contributed by atoms with Gasteiger partial charge in [-0.05, 0) is 79.3 Å². The molecule has 0 bridgehead atoms. The summed E-state index contributed by atoms with van der Waals surface area (Å²) in [6.45, 7) is 2.13. The molecule has 0 amide bonds. The van der Waals surface area contributed by atoms with Crippen molar-refractivity contribution in [2.24, 2.45) is 0 Å². The maximum Gasteiger partial charge on any atom is 0.336 e. The zero-order valence-corrected chi connectivity index (χ0v) is 14.2. The number of ether oxygens (including phenoxy) is 1. The smallest absolute Gasteiger partial charge is 0.336 e. The van der Waals surface area contributed by atoms with Gasteiger partial charge in [-0.2, -0.15) is 0 Å². The van der Waals surface area contributed by atoms with Gasteiger partial charge in [0.05, 0.1) is 12.7 Å². The van der Waals surface area contributed by atoms with Gasteiger partial charge >= 0.3 is 5.97 Å². The van der Waals surface area contributed by atoms with Crippen LogP contribution in [0.4, 0.5) is 0 Å². The first-order valence-corrected chi connectivity index (χ1v) is 8.44. The normalized spacial score (nSPS) is 16.5. The second-order valence-corrected chi connectivity index (χ2v) is 6.43. The van der Waals surface area contributed by atoms with Crippen LogP contribution in [0.25, 0.3) is 0 Å². The first-order valence-electron chi connectivity index (χ1n) is 8.44. The van der Waals surface area contributed by atoms with Gasteiger partial charge in [0.15, 0.2) is 0 Å². The highest BCUT2D eigenvalue weighted by Crippen LogP contribution is 2.39. The van der Waals surface area contributed by atoms with Crippen LogP contribution < -0.4 is 4.74 Å². The van der Waals surface area contributed by atoms with Crippen LogP contribution in [0.2, 0.25) is 0 Å². The summed E-state index contributed by atoms with van der Waals surface area (Å²) in [7, 11) is 1.71. The lowest BCUT2D eigenvalue weighted by Gasteiger charge is -2.28. The third-order valence-corrected chi connectivity index (χ3v) is 5.12. The molecular formula is C20H23NO3.